The fraction of sp³-hybridized carbons (Fsp3) is 0.211. The van der Waals surface area contributed by atoms with E-state index in [9.17, 15) is 14.4 Å². The van der Waals surface area contributed by atoms with E-state index < -0.39 is 23.3 Å². The van der Waals surface area contributed by atoms with Crippen molar-refractivity contribution in [2.75, 3.05) is 18.5 Å². The van der Waals surface area contributed by atoms with Crippen molar-refractivity contribution in [1.29, 1.82) is 0 Å². The summed E-state index contributed by atoms with van der Waals surface area (Å²) in [5.41, 5.74) is 5.08. The second kappa shape index (κ2) is 8.38. The number of aliphatic imine (C=N–C) groups is 1. The SMILES string of the molecule is CCNC(=O)C1=NCNC1(C(N)=O)c1ccc(NC(=O)c2ncccc2Cl)cc1. The summed E-state index contributed by atoms with van der Waals surface area (Å²) in [6.45, 7) is 2.22. The van der Waals surface area contributed by atoms with Gasteiger partial charge in [0.2, 0.25) is 5.91 Å². The summed E-state index contributed by atoms with van der Waals surface area (Å²) < 4.78 is 0. The molecule has 0 saturated heterocycles. The molecule has 1 atom stereocenters. The first-order valence-corrected chi connectivity index (χ1v) is 9.18. The molecule has 150 valence electrons. The smallest absolute Gasteiger partial charge is 0.275 e. The van der Waals surface area contributed by atoms with Gasteiger partial charge in [0, 0.05) is 18.4 Å². The summed E-state index contributed by atoms with van der Waals surface area (Å²) in [6.07, 6.45) is 1.47. The largest absolute Gasteiger partial charge is 0.367 e. The van der Waals surface area contributed by atoms with Gasteiger partial charge in [-0.05, 0) is 36.8 Å². The first-order chi connectivity index (χ1) is 13.9. The third-order valence-electron chi connectivity index (χ3n) is 4.41. The van der Waals surface area contributed by atoms with Crippen LogP contribution in [0.1, 0.15) is 23.0 Å². The highest BCUT2D eigenvalue weighted by molar-refractivity contribution is 6.47. The average molecular weight is 415 g/mol. The molecule has 0 radical (unpaired) electrons. The summed E-state index contributed by atoms with van der Waals surface area (Å²) >= 11 is 5.99. The van der Waals surface area contributed by atoms with Crippen molar-refractivity contribution < 1.29 is 14.4 Å². The quantitative estimate of drug-likeness (QED) is 0.554. The van der Waals surface area contributed by atoms with Crippen LogP contribution in [0, 0.1) is 0 Å². The van der Waals surface area contributed by atoms with E-state index in [0.717, 1.165) is 0 Å². The van der Waals surface area contributed by atoms with E-state index >= 15 is 0 Å². The van der Waals surface area contributed by atoms with Gasteiger partial charge in [-0.1, -0.05) is 23.7 Å². The lowest BCUT2D eigenvalue weighted by molar-refractivity contribution is -0.123. The van der Waals surface area contributed by atoms with Crippen LogP contribution in [0.25, 0.3) is 0 Å². The maximum atomic E-state index is 12.4. The number of rotatable bonds is 6. The van der Waals surface area contributed by atoms with Gasteiger partial charge in [-0.15, -0.1) is 0 Å². The minimum absolute atomic E-state index is 0.00361. The van der Waals surface area contributed by atoms with Crippen LogP contribution in [0.4, 0.5) is 5.69 Å². The fourth-order valence-corrected chi connectivity index (χ4v) is 3.26. The molecule has 29 heavy (non-hydrogen) atoms. The average Bonchev–Trinajstić information content (AvgIpc) is 3.15. The molecule has 2 aromatic rings. The Bertz CT molecular complexity index is 992. The van der Waals surface area contributed by atoms with Crippen LogP contribution in [0.5, 0.6) is 0 Å². The Morgan fingerprint density at radius 2 is 1.93 bits per heavy atom. The first-order valence-electron chi connectivity index (χ1n) is 8.80. The van der Waals surface area contributed by atoms with Crippen LogP contribution in [0.3, 0.4) is 0 Å². The fourth-order valence-electron chi connectivity index (χ4n) is 3.06. The topological polar surface area (TPSA) is 139 Å². The number of hydrogen-bond donors (Lipinski definition) is 4. The number of hydrogen-bond acceptors (Lipinski definition) is 6. The molecular weight excluding hydrogens is 396 g/mol. The maximum Gasteiger partial charge on any atom is 0.275 e. The zero-order chi connectivity index (χ0) is 21.0. The van der Waals surface area contributed by atoms with Gasteiger partial charge >= 0.3 is 0 Å². The van der Waals surface area contributed by atoms with Crippen LogP contribution < -0.4 is 21.7 Å². The lowest BCUT2D eigenvalue weighted by Gasteiger charge is -2.27. The predicted octanol–water partition coefficient (Wildman–Crippen LogP) is 0.806. The van der Waals surface area contributed by atoms with Crippen molar-refractivity contribution in [3.05, 3.63) is 58.9 Å². The van der Waals surface area contributed by atoms with Crippen LogP contribution in [-0.4, -0.2) is 41.6 Å². The molecule has 2 heterocycles. The Hall–Kier alpha value is -3.30. The standard InChI is InChI=1S/C19H19ClN6O3/c1-2-22-17(28)15-19(18(21)29,25-10-24-15)11-5-7-12(8-6-11)26-16(27)14-13(20)4-3-9-23-14/h3-9,25H,2,10H2,1H3,(H2,21,29)(H,22,28)(H,26,27). The summed E-state index contributed by atoms with van der Waals surface area (Å²) in [4.78, 5) is 45.1. The number of anilines is 1. The minimum Gasteiger partial charge on any atom is -0.367 e. The van der Waals surface area contributed by atoms with Crippen LogP contribution in [0.2, 0.25) is 5.02 Å². The van der Waals surface area contributed by atoms with Crippen LogP contribution in [-0.2, 0) is 15.1 Å². The molecule has 1 aromatic carbocycles. The van der Waals surface area contributed by atoms with Crippen molar-refractivity contribution >= 4 is 40.7 Å². The zero-order valence-electron chi connectivity index (χ0n) is 15.5. The number of halogens is 1. The molecule has 1 aliphatic rings. The highest BCUT2D eigenvalue weighted by Gasteiger charge is 2.49. The molecule has 0 spiro atoms. The van der Waals surface area contributed by atoms with Gasteiger partial charge in [0.25, 0.3) is 11.8 Å². The molecule has 1 unspecified atom stereocenters. The van der Waals surface area contributed by atoms with Gasteiger partial charge < -0.3 is 16.4 Å². The number of carbonyl (C=O) groups excluding carboxylic acids is 3. The number of primary amides is 1. The maximum absolute atomic E-state index is 12.4. The number of nitrogens with one attached hydrogen (secondary N) is 3. The molecule has 9 nitrogen and oxygen atoms in total. The van der Waals surface area contributed by atoms with Crippen molar-refractivity contribution in [1.82, 2.24) is 15.6 Å². The van der Waals surface area contributed by atoms with Crippen molar-refractivity contribution in [2.45, 2.75) is 12.5 Å². The van der Waals surface area contributed by atoms with E-state index in [4.69, 9.17) is 17.3 Å². The Kier molecular flexibility index (Phi) is 5.90. The molecule has 0 aliphatic carbocycles. The third kappa shape index (κ3) is 3.82. The number of aromatic nitrogens is 1. The van der Waals surface area contributed by atoms with Crippen molar-refractivity contribution in [3.8, 4) is 0 Å². The molecule has 0 fully saturated rings. The summed E-state index contributed by atoms with van der Waals surface area (Å²) in [7, 11) is 0. The van der Waals surface area contributed by atoms with E-state index in [0.29, 0.717) is 17.8 Å². The van der Waals surface area contributed by atoms with E-state index in [1.54, 1.807) is 43.3 Å². The third-order valence-corrected chi connectivity index (χ3v) is 4.71. The number of carbonyl (C=O) groups is 3. The minimum atomic E-state index is -1.55. The predicted molar refractivity (Wildman–Crippen MR) is 109 cm³/mol. The molecule has 1 aliphatic heterocycles. The van der Waals surface area contributed by atoms with Gasteiger partial charge in [-0.25, -0.2) is 4.98 Å². The van der Waals surface area contributed by atoms with Crippen LogP contribution in [0.15, 0.2) is 47.6 Å². The van der Waals surface area contributed by atoms with E-state index in [1.807, 2.05) is 0 Å². The molecule has 0 bridgehead atoms. The summed E-state index contributed by atoms with van der Waals surface area (Å²) in [5, 5.41) is 8.46. The summed E-state index contributed by atoms with van der Waals surface area (Å²) in [5.74, 6) is -1.70. The van der Waals surface area contributed by atoms with E-state index in [1.165, 1.54) is 6.20 Å². The monoisotopic (exact) mass is 414 g/mol. The second-order valence-corrected chi connectivity index (χ2v) is 6.59. The Morgan fingerprint density at radius 3 is 2.55 bits per heavy atom. The van der Waals surface area contributed by atoms with Gasteiger partial charge in [0.15, 0.2) is 5.54 Å². The number of pyridine rings is 1. The second-order valence-electron chi connectivity index (χ2n) is 6.18. The lowest BCUT2D eigenvalue weighted by atomic mass is 9.84. The zero-order valence-corrected chi connectivity index (χ0v) is 16.3. The Morgan fingerprint density at radius 1 is 1.21 bits per heavy atom. The van der Waals surface area contributed by atoms with E-state index in [-0.39, 0.29) is 23.1 Å². The number of benzene rings is 1. The Labute approximate surface area is 171 Å². The molecule has 0 saturated carbocycles. The molecular formula is C19H19ClN6O3. The highest BCUT2D eigenvalue weighted by atomic mass is 35.5. The van der Waals surface area contributed by atoms with Crippen molar-refractivity contribution in [3.63, 3.8) is 0 Å². The highest BCUT2D eigenvalue weighted by Crippen LogP contribution is 2.28. The lowest BCUT2D eigenvalue weighted by Crippen LogP contribution is -2.58. The molecule has 3 rings (SSSR count). The van der Waals surface area contributed by atoms with E-state index in [2.05, 4.69) is 25.9 Å². The molecule has 3 amide bonds. The normalized spacial score (nSPS) is 18.1. The van der Waals surface area contributed by atoms with Gasteiger partial charge in [0.05, 0.1) is 11.7 Å². The number of nitrogens with two attached hydrogens (primary N) is 1. The number of amides is 3. The van der Waals surface area contributed by atoms with Gasteiger partial charge in [-0.2, -0.15) is 0 Å². The molecule has 10 heteroatoms. The summed E-state index contributed by atoms with van der Waals surface area (Å²) in [6, 6.07) is 9.55. The van der Waals surface area contributed by atoms with Crippen LogP contribution >= 0.6 is 11.6 Å². The number of nitrogens with zero attached hydrogens (tertiary/aromatic N) is 2. The molecule has 1 aromatic heterocycles. The van der Waals surface area contributed by atoms with Gasteiger partial charge in [-0.3, -0.25) is 24.7 Å². The first kappa shape index (κ1) is 20.4. The molecule has 5 N–H and O–H groups in total. The van der Waals surface area contributed by atoms with Crippen molar-refractivity contribution in [2.24, 2.45) is 10.7 Å². The van der Waals surface area contributed by atoms with Gasteiger partial charge in [0.1, 0.15) is 11.4 Å². The Balaban J connectivity index is 1.87.